The number of oxazole rings is 1. The number of benzene rings is 1. The van der Waals surface area contributed by atoms with E-state index >= 15 is 0 Å². The molecule has 0 bridgehead atoms. The molecule has 0 aliphatic heterocycles. The van der Waals surface area contributed by atoms with Crippen molar-refractivity contribution in [2.75, 3.05) is 0 Å². The molecule has 0 radical (unpaired) electrons. The van der Waals surface area contributed by atoms with Gasteiger partial charge in [-0.05, 0) is 37.1 Å². The number of carbonyl (C=O) groups excluding carboxylic acids is 1. The first-order valence-electron chi connectivity index (χ1n) is 7.37. The zero-order chi connectivity index (χ0) is 16.4. The molecule has 1 aliphatic rings. The lowest BCUT2D eigenvalue weighted by Crippen LogP contribution is -2.32. The average Bonchev–Trinajstić information content (AvgIpc) is 3.17. The van der Waals surface area contributed by atoms with Crippen molar-refractivity contribution >= 4 is 5.91 Å². The van der Waals surface area contributed by atoms with Gasteiger partial charge in [-0.3, -0.25) is 4.79 Å². The summed E-state index contributed by atoms with van der Waals surface area (Å²) < 4.78 is 42.8. The Labute approximate surface area is 130 Å². The van der Waals surface area contributed by atoms with Crippen LogP contribution in [0.5, 0.6) is 0 Å². The Hall–Kier alpha value is -2.31. The molecule has 0 spiro atoms. The highest BCUT2D eigenvalue weighted by atomic mass is 19.4. The molecule has 1 aromatic carbocycles. The summed E-state index contributed by atoms with van der Waals surface area (Å²) in [5, 5.41) is 2.88. The van der Waals surface area contributed by atoms with E-state index in [1.54, 1.807) is 0 Å². The van der Waals surface area contributed by atoms with Crippen molar-refractivity contribution < 1.29 is 22.4 Å². The predicted octanol–water partition coefficient (Wildman–Crippen LogP) is 4.03. The number of hydrogen-bond donors (Lipinski definition) is 1. The molecular formula is C16H15F3N2O2. The van der Waals surface area contributed by atoms with Gasteiger partial charge in [-0.1, -0.05) is 12.8 Å². The van der Waals surface area contributed by atoms with Crippen molar-refractivity contribution in [2.24, 2.45) is 0 Å². The van der Waals surface area contributed by atoms with Gasteiger partial charge in [0.25, 0.3) is 5.91 Å². The number of halogens is 3. The highest BCUT2D eigenvalue weighted by Crippen LogP contribution is 2.30. The normalized spacial score (nSPS) is 15.8. The molecule has 1 heterocycles. The van der Waals surface area contributed by atoms with Crippen LogP contribution in [0.1, 0.15) is 41.7 Å². The summed E-state index contributed by atoms with van der Waals surface area (Å²) in [7, 11) is 0. The van der Waals surface area contributed by atoms with E-state index in [1.165, 1.54) is 18.4 Å². The van der Waals surface area contributed by atoms with Crippen LogP contribution in [0, 0.1) is 0 Å². The molecule has 1 saturated carbocycles. The van der Waals surface area contributed by atoms with E-state index in [1.807, 2.05) is 0 Å². The molecule has 1 fully saturated rings. The van der Waals surface area contributed by atoms with Gasteiger partial charge in [0.15, 0.2) is 5.69 Å². The van der Waals surface area contributed by atoms with Crippen LogP contribution in [0.2, 0.25) is 0 Å². The maximum Gasteiger partial charge on any atom is 0.416 e. The van der Waals surface area contributed by atoms with Crippen LogP contribution < -0.4 is 5.32 Å². The van der Waals surface area contributed by atoms with Crippen LogP contribution in [0.25, 0.3) is 11.5 Å². The van der Waals surface area contributed by atoms with Gasteiger partial charge in [0, 0.05) is 11.6 Å². The summed E-state index contributed by atoms with van der Waals surface area (Å²) in [6.45, 7) is 0. The van der Waals surface area contributed by atoms with Gasteiger partial charge in [0.05, 0.1) is 5.56 Å². The molecule has 0 atom stereocenters. The zero-order valence-corrected chi connectivity index (χ0v) is 12.2. The molecule has 23 heavy (non-hydrogen) atoms. The molecule has 2 aromatic rings. The van der Waals surface area contributed by atoms with Crippen molar-refractivity contribution in [3.8, 4) is 11.5 Å². The van der Waals surface area contributed by atoms with Crippen LogP contribution in [0.15, 0.2) is 34.9 Å². The van der Waals surface area contributed by atoms with Crippen molar-refractivity contribution in [3.63, 3.8) is 0 Å². The molecule has 0 unspecified atom stereocenters. The zero-order valence-electron chi connectivity index (χ0n) is 12.2. The van der Waals surface area contributed by atoms with Crippen molar-refractivity contribution in [2.45, 2.75) is 37.9 Å². The van der Waals surface area contributed by atoms with Gasteiger partial charge < -0.3 is 9.73 Å². The summed E-state index contributed by atoms with van der Waals surface area (Å²) in [5.41, 5.74) is -0.225. The van der Waals surface area contributed by atoms with Crippen molar-refractivity contribution in [1.82, 2.24) is 10.3 Å². The summed E-state index contributed by atoms with van der Waals surface area (Å²) in [6.07, 6.45) is 0.935. The molecule has 7 heteroatoms. The fourth-order valence-corrected chi connectivity index (χ4v) is 2.64. The molecule has 1 aliphatic carbocycles. The number of alkyl halides is 3. The Morgan fingerprint density at radius 2 is 1.83 bits per heavy atom. The summed E-state index contributed by atoms with van der Waals surface area (Å²) in [5.74, 6) is -0.200. The SMILES string of the molecule is O=C(NC1CCCC1)c1coc(-c2ccc(C(F)(F)F)cc2)n1. The number of hydrogen-bond acceptors (Lipinski definition) is 3. The molecule has 4 nitrogen and oxygen atoms in total. The quantitative estimate of drug-likeness (QED) is 0.927. The third kappa shape index (κ3) is 3.55. The second-order valence-corrected chi connectivity index (χ2v) is 5.57. The van der Waals surface area contributed by atoms with Crippen molar-refractivity contribution in [3.05, 3.63) is 41.8 Å². The third-order valence-corrected chi connectivity index (χ3v) is 3.89. The molecule has 122 valence electrons. The first-order chi connectivity index (χ1) is 10.9. The third-order valence-electron chi connectivity index (χ3n) is 3.89. The fraction of sp³-hybridized carbons (Fsp3) is 0.375. The van der Waals surface area contributed by atoms with Gasteiger partial charge in [-0.15, -0.1) is 0 Å². The average molecular weight is 324 g/mol. The predicted molar refractivity (Wildman–Crippen MR) is 76.7 cm³/mol. The minimum Gasteiger partial charge on any atom is -0.444 e. The first kappa shape index (κ1) is 15.6. The monoisotopic (exact) mass is 324 g/mol. The minimum atomic E-state index is -4.39. The number of carbonyl (C=O) groups is 1. The second-order valence-electron chi connectivity index (χ2n) is 5.57. The Morgan fingerprint density at radius 3 is 2.43 bits per heavy atom. The Balaban J connectivity index is 1.72. The Bertz CT molecular complexity index is 686. The lowest BCUT2D eigenvalue weighted by Gasteiger charge is -2.09. The Morgan fingerprint density at radius 1 is 1.17 bits per heavy atom. The first-order valence-corrected chi connectivity index (χ1v) is 7.37. The molecule has 1 aromatic heterocycles. The van der Waals surface area contributed by atoms with E-state index < -0.39 is 11.7 Å². The Kier molecular flexibility index (Phi) is 4.11. The number of aromatic nitrogens is 1. The van der Waals surface area contributed by atoms with E-state index in [0.29, 0.717) is 5.56 Å². The number of rotatable bonds is 3. The number of nitrogens with zero attached hydrogens (tertiary/aromatic N) is 1. The van der Waals surface area contributed by atoms with Crippen LogP contribution in [-0.4, -0.2) is 16.9 Å². The lowest BCUT2D eigenvalue weighted by atomic mass is 10.1. The largest absolute Gasteiger partial charge is 0.444 e. The smallest absolute Gasteiger partial charge is 0.416 e. The van der Waals surface area contributed by atoms with E-state index in [0.717, 1.165) is 37.8 Å². The van der Waals surface area contributed by atoms with Gasteiger partial charge in [-0.2, -0.15) is 13.2 Å². The van der Waals surface area contributed by atoms with Gasteiger partial charge in [0.1, 0.15) is 6.26 Å². The van der Waals surface area contributed by atoms with E-state index in [2.05, 4.69) is 10.3 Å². The maximum absolute atomic E-state index is 12.5. The summed E-state index contributed by atoms with van der Waals surface area (Å²) >= 11 is 0. The highest BCUT2D eigenvalue weighted by molar-refractivity contribution is 5.92. The molecule has 1 N–H and O–H groups in total. The topological polar surface area (TPSA) is 55.1 Å². The highest BCUT2D eigenvalue weighted by Gasteiger charge is 2.30. The van der Waals surface area contributed by atoms with Crippen LogP contribution in [-0.2, 0) is 6.18 Å². The minimum absolute atomic E-state index is 0.121. The summed E-state index contributed by atoms with van der Waals surface area (Å²) in [4.78, 5) is 16.1. The summed E-state index contributed by atoms with van der Waals surface area (Å²) in [6, 6.07) is 4.62. The van der Waals surface area contributed by atoms with Gasteiger partial charge in [0.2, 0.25) is 5.89 Å². The molecule has 3 rings (SSSR count). The van der Waals surface area contributed by atoms with Crippen LogP contribution >= 0.6 is 0 Å². The van der Waals surface area contributed by atoms with Crippen LogP contribution in [0.3, 0.4) is 0 Å². The van der Waals surface area contributed by atoms with Gasteiger partial charge in [-0.25, -0.2) is 4.98 Å². The molecule has 0 saturated heterocycles. The molecular weight excluding hydrogens is 309 g/mol. The van der Waals surface area contributed by atoms with E-state index in [4.69, 9.17) is 4.42 Å². The number of amides is 1. The van der Waals surface area contributed by atoms with Crippen molar-refractivity contribution in [1.29, 1.82) is 0 Å². The molecule has 1 amide bonds. The lowest BCUT2D eigenvalue weighted by molar-refractivity contribution is -0.137. The maximum atomic E-state index is 12.5. The fourth-order valence-electron chi connectivity index (χ4n) is 2.64. The van der Waals surface area contributed by atoms with Crippen LogP contribution in [0.4, 0.5) is 13.2 Å². The van der Waals surface area contributed by atoms with E-state index in [9.17, 15) is 18.0 Å². The van der Waals surface area contributed by atoms with Gasteiger partial charge >= 0.3 is 6.18 Å². The standard InChI is InChI=1S/C16H15F3N2O2/c17-16(18,19)11-7-5-10(6-8-11)15-21-13(9-23-15)14(22)20-12-3-1-2-4-12/h5-9,12H,1-4H2,(H,20,22). The van der Waals surface area contributed by atoms with E-state index in [-0.39, 0.29) is 23.5 Å². The second kappa shape index (κ2) is 6.06. The number of nitrogens with one attached hydrogen (secondary N) is 1.